The summed E-state index contributed by atoms with van der Waals surface area (Å²) in [4.78, 5) is 17.9. The topological polar surface area (TPSA) is 54.6 Å². The fourth-order valence-corrected chi connectivity index (χ4v) is 5.88. The van der Waals surface area contributed by atoms with Crippen LogP contribution in [0.25, 0.3) is 10.9 Å². The largest absolute Gasteiger partial charge is 0.465 e. The van der Waals surface area contributed by atoms with Gasteiger partial charge in [-0.05, 0) is 73.1 Å². The third-order valence-electron chi connectivity index (χ3n) is 7.66. The van der Waals surface area contributed by atoms with Gasteiger partial charge in [0.15, 0.2) is 0 Å². The minimum Gasteiger partial charge on any atom is -0.465 e. The van der Waals surface area contributed by atoms with Crippen LogP contribution in [0.1, 0.15) is 64.3 Å². The second-order valence-corrected chi connectivity index (χ2v) is 9.67. The molecule has 5 heteroatoms. The van der Waals surface area contributed by atoms with Gasteiger partial charge in [0.25, 0.3) is 0 Å². The van der Waals surface area contributed by atoms with Crippen molar-refractivity contribution in [2.24, 2.45) is 0 Å². The number of nitrogens with zero attached hydrogens (tertiary/aromatic N) is 1. The lowest BCUT2D eigenvalue weighted by atomic mass is 9.81. The van der Waals surface area contributed by atoms with E-state index in [1.165, 1.54) is 40.3 Å². The molecule has 2 aliphatic heterocycles. The third-order valence-corrected chi connectivity index (χ3v) is 7.66. The van der Waals surface area contributed by atoms with Crippen molar-refractivity contribution in [3.63, 3.8) is 0 Å². The Morgan fingerprint density at radius 1 is 1.29 bits per heavy atom. The summed E-state index contributed by atoms with van der Waals surface area (Å²) in [7, 11) is 1.41. The number of methoxy groups -OCH3 is 1. The molecule has 34 heavy (non-hydrogen) atoms. The van der Waals surface area contributed by atoms with E-state index in [0.29, 0.717) is 12.0 Å². The van der Waals surface area contributed by atoms with Gasteiger partial charge < -0.3 is 14.5 Å². The standard InChI is InChI=1S/C29H32N2O3/c1-4-6-23-17-20(2)27-24(11-14-30-27)25(23)19-31-15-13-29(12-5-16-34-29)18-26(31)21-7-9-22(10-8-21)28(32)33-3/h1,7-11,14,17,26,30H,5-6,12-13,15-16,18-19H2,2-3H3/t26-,29-/m0/s1. The number of benzene rings is 2. The second kappa shape index (κ2) is 9.29. The average molecular weight is 457 g/mol. The SMILES string of the molecule is C#CCc1cc(C)c2[nH]ccc2c1CN1CC[C@@]2(CCCO2)C[C@H]1c1ccc(C(=O)OC)cc1. The number of terminal acetylenes is 1. The number of rotatable bonds is 5. The highest BCUT2D eigenvalue weighted by Gasteiger charge is 2.43. The van der Waals surface area contributed by atoms with Crippen molar-refractivity contribution in [3.05, 3.63) is 70.4 Å². The van der Waals surface area contributed by atoms with Crippen LogP contribution in [0, 0.1) is 19.3 Å². The zero-order valence-electron chi connectivity index (χ0n) is 20.0. The highest BCUT2D eigenvalue weighted by atomic mass is 16.5. The first-order valence-electron chi connectivity index (χ1n) is 12.1. The number of H-pyrrole nitrogens is 1. The normalized spacial score (nSPS) is 22.8. The van der Waals surface area contributed by atoms with Crippen LogP contribution in [0.15, 0.2) is 42.6 Å². The van der Waals surface area contributed by atoms with E-state index in [1.807, 2.05) is 18.3 Å². The third kappa shape index (κ3) is 4.13. The Bertz CT molecular complexity index is 1230. The molecule has 1 N–H and O–H groups in total. The van der Waals surface area contributed by atoms with E-state index in [9.17, 15) is 4.79 Å². The molecule has 2 fully saturated rings. The fraction of sp³-hybridized carbons (Fsp3) is 0.414. The van der Waals surface area contributed by atoms with E-state index in [1.54, 1.807) is 0 Å². The molecular formula is C29H32N2O3. The molecule has 176 valence electrons. The predicted molar refractivity (Wildman–Crippen MR) is 134 cm³/mol. The Labute approximate surface area is 201 Å². The van der Waals surface area contributed by atoms with Gasteiger partial charge in [0.2, 0.25) is 0 Å². The number of hydrogen-bond acceptors (Lipinski definition) is 4. The number of nitrogens with one attached hydrogen (secondary N) is 1. The number of ether oxygens (including phenoxy) is 2. The highest BCUT2D eigenvalue weighted by molar-refractivity contribution is 5.89. The van der Waals surface area contributed by atoms with Crippen LogP contribution in [-0.4, -0.2) is 41.7 Å². The first kappa shape index (κ1) is 22.7. The summed E-state index contributed by atoms with van der Waals surface area (Å²) in [6, 6.07) is 12.5. The second-order valence-electron chi connectivity index (χ2n) is 9.67. The zero-order valence-corrected chi connectivity index (χ0v) is 20.0. The summed E-state index contributed by atoms with van der Waals surface area (Å²) >= 11 is 0. The molecule has 2 aromatic carbocycles. The Morgan fingerprint density at radius 2 is 2.12 bits per heavy atom. The molecule has 5 rings (SSSR count). The quantitative estimate of drug-likeness (QED) is 0.417. The maximum atomic E-state index is 12.0. The maximum Gasteiger partial charge on any atom is 0.337 e. The van der Waals surface area contributed by atoms with Crippen molar-refractivity contribution in [2.45, 2.75) is 57.2 Å². The molecule has 1 aromatic heterocycles. The van der Waals surface area contributed by atoms with Crippen LogP contribution in [-0.2, 0) is 22.4 Å². The Hall–Kier alpha value is -3.07. The summed E-state index contributed by atoms with van der Waals surface area (Å²) < 4.78 is 11.2. The van der Waals surface area contributed by atoms with Crippen LogP contribution < -0.4 is 0 Å². The Morgan fingerprint density at radius 3 is 2.82 bits per heavy atom. The van der Waals surface area contributed by atoms with Crippen molar-refractivity contribution < 1.29 is 14.3 Å². The summed E-state index contributed by atoms with van der Waals surface area (Å²) in [6.45, 7) is 4.77. The summed E-state index contributed by atoms with van der Waals surface area (Å²) in [5, 5.41) is 1.25. The van der Waals surface area contributed by atoms with E-state index >= 15 is 0 Å². The molecule has 0 amide bonds. The molecule has 1 spiro atoms. The molecule has 3 aromatic rings. The summed E-state index contributed by atoms with van der Waals surface area (Å²) in [5.41, 5.74) is 6.68. The minimum absolute atomic E-state index is 0.0412. The van der Waals surface area contributed by atoms with Gasteiger partial charge in [-0.15, -0.1) is 12.3 Å². The van der Waals surface area contributed by atoms with Crippen LogP contribution >= 0.6 is 0 Å². The lowest BCUT2D eigenvalue weighted by Crippen LogP contribution is -2.45. The van der Waals surface area contributed by atoms with Gasteiger partial charge in [-0.3, -0.25) is 4.90 Å². The smallest absolute Gasteiger partial charge is 0.337 e. The van der Waals surface area contributed by atoms with E-state index < -0.39 is 0 Å². The van der Waals surface area contributed by atoms with Crippen LogP contribution in [0.5, 0.6) is 0 Å². The van der Waals surface area contributed by atoms with Gasteiger partial charge in [0, 0.05) is 49.3 Å². The number of aromatic nitrogens is 1. The summed E-state index contributed by atoms with van der Waals surface area (Å²) in [5.74, 6) is 2.55. The molecule has 0 radical (unpaired) electrons. The van der Waals surface area contributed by atoms with Gasteiger partial charge in [0.05, 0.1) is 18.3 Å². The molecule has 0 bridgehead atoms. The number of carbonyl (C=O) groups excluding carboxylic acids is 1. The number of fused-ring (bicyclic) bond motifs is 1. The van der Waals surface area contributed by atoms with Crippen LogP contribution in [0.4, 0.5) is 0 Å². The zero-order chi connectivity index (χ0) is 23.7. The van der Waals surface area contributed by atoms with Gasteiger partial charge in [-0.1, -0.05) is 18.2 Å². The molecule has 0 aliphatic carbocycles. The molecule has 0 saturated carbocycles. The Kier molecular flexibility index (Phi) is 6.20. The van der Waals surface area contributed by atoms with E-state index in [-0.39, 0.29) is 17.6 Å². The number of piperidine rings is 1. The molecule has 2 saturated heterocycles. The maximum absolute atomic E-state index is 12.0. The molecule has 2 aliphatic rings. The monoisotopic (exact) mass is 456 g/mol. The predicted octanol–water partition coefficient (Wildman–Crippen LogP) is 5.32. The number of likely N-dealkylation sites (tertiary alicyclic amines) is 1. The van der Waals surface area contributed by atoms with Gasteiger partial charge >= 0.3 is 5.97 Å². The Balaban J connectivity index is 1.52. The highest BCUT2D eigenvalue weighted by Crippen LogP contribution is 2.45. The lowest BCUT2D eigenvalue weighted by molar-refractivity contribution is -0.0675. The van der Waals surface area contributed by atoms with E-state index in [2.05, 4.69) is 47.0 Å². The molecule has 3 heterocycles. The first-order valence-corrected chi connectivity index (χ1v) is 12.1. The number of aromatic amines is 1. The van der Waals surface area contributed by atoms with Crippen LogP contribution in [0.3, 0.4) is 0 Å². The van der Waals surface area contributed by atoms with Crippen LogP contribution in [0.2, 0.25) is 0 Å². The number of carbonyl (C=O) groups is 1. The van der Waals surface area contributed by atoms with Crippen molar-refractivity contribution in [1.82, 2.24) is 9.88 Å². The number of hydrogen-bond donors (Lipinski definition) is 1. The lowest BCUT2D eigenvalue weighted by Gasteiger charge is -2.45. The first-order chi connectivity index (χ1) is 16.5. The van der Waals surface area contributed by atoms with Crippen molar-refractivity contribution in [1.29, 1.82) is 0 Å². The fourth-order valence-electron chi connectivity index (χ4n) is 5.88. The van der Waals surface area contributed by atoms with E-state index in [0.717, 1.165) is 45.4 Å². The van der Waals surface area contributed by atoms with Gasteiger partial charge in [-0.2, -0.15) is 0 Å². The van der Waals surface area contributed by atoms with Crippen molar-refractivity contribution in [2.75, 3.05) is 20.3 Å². The minimum atomic E-state index is -0.309. The molecule has 5 nitrogen and oxygen atoms in total. The number of aryl methyl sites for hydroxylation is 1. The van der Waals surface area contributed by atoms with Gasteiger partial charge in [0.1, 0.15) is 0 Å². The number of esters is 1. The van der Waals surface area contributed by atoms with E-state index in [4.69, 9.17) is 15.9 Å². The molecule has 0 unspecified atom stereocenters. The molecule has 2 atom stereocenters. The average Bonchev–Trinajstić information content (AvgIpc) is 3.53. The summed E-state index contributed by atoms with van der Waals surface area (Å²) in [6.07, 6.45) is 12.6. The van der Waals surface area contributed by atoms with Gasteiger partial charge in [-0.25, -0.2) is 4.79 Å². The van der Waals surface area contributed by atoms with Crippen molar-refractivity contribution in [3.8, 4) is 12.3 Å². The van der Waals surface area contributed by atoms with Crippen molar-refractivity contribution >= 4 is 16.9 Å². The molecular weight excluding hydrogens is 424 g/mol.